The van der Waals surface area contributed by atoms with Gasteiger partial charge in [0.1, 0.15) is 0 Å². The van der Waals surface area contributed by atoms with E-state index in [1.807, 2.05) is 0 Å². The highest BCUT2D eigenvalue weighted by molar-refractivity contribution is 4.56. The molecule has 0 fully saturated rings. The maximum atomic E-state index is 2.40. The summed E-state index contributed by atoms with van der Waals surface area (Å²) >= 11 is 0. The van der Waals surface area contributed by atoms with Gasteiger partial charge in [0, 0.05) is 0 Å². The van der Waals surface area contributed by atoms with Crippen LogP contribution in [-0.4, -0.2) is 253 Å². The van der Waals surface area contributed by atoms with Crippen LogP contribution in [0.1, 0.15) is 500 Å². The third-order valence-electron chi connectivity index (χ3n) is 26.3. The SMILES string of the molecule is CCCCCCCCCC[N+](C)(C)CCCC(C)C.CCCCCCCCC[N+](C)(C)CCCC(C)C.CCCCCCCC[N+](C)(C)CCCC(C)C.CCCCCCC[N+](C)(C)CCCC(C)C.CCCCCC[N+](C)(C)CCCC(C)C.CCCCC[N+](C)(C)CCCC(C)C.CCCC[N+](C)(C)CCCC(C)C.CCC[N+](C)(C)CCCC(C)C. The summed E-state index contributed by atoms with van der Waals surface area (Å²) in [4.78, 5) is 0. The lowest BCUT2D eigenvalue weighted by Gasteiger charge is -2.30. The molecule has 8 heteroatoms. The van der Waals surface area contributed by atoms with Gasteiger partial charge in [0.2, 0.25) is 0 Å². The van der Waals surface area contributed by atoms with Crippen LogP contribution in [-0.2, 0) is 0 Å². The zero-order chi connectivity index (χ0) is 96.7. The molecule has 0 saturated heterocycles. The van der Waals surface area contributed by atoms with Gasteiger partial charge in [-0.05, 0) is 240 Å². The Bertz CT molecular complexity index is 1990. The monoisotopic (exact) mass is 1770 g/mol. The summed E-state index contributed by atoms with van der Waals surface area (Å²) in [5, 5.41) is 0. The average Bonchev–Trinajstić information content (AvgIpc) is 0.933. The molecular weight excluding hydrogens is 1510 g/mol. The van der Waals surface area contributed by atoms with E-state index in [2.05, 4.69) is 279 Å². The van der Waals surface area contributed by atoms with Crippen molar-refractivity contribution in [2.75, 3.05) is 217 Å². The van der Waals surface area contributed by atoms with Crippen molar-refractivity contribution in [2.45, 2.75) is 500 Å². The predicted octanol–water partition coefficient (Wildman–Crippen LogP) is 34.2. The zero-order valence-corrected chi connectivity index (χ0v) is 96.3. The van der Waals surface area contributed by atoms with Gasteiger partial charge in [-0.2, -0.15) is 0 Å². The molecule has 8 nitrogen and oxygen atoms in total. The Morgan fingerprint density at radius 1 is 0.105 bits per heavy atom. The van der Waals surface area contributed by atoms with Crippen molar-refractivity contribution in [1.82, 2.24) is 0 Å². The fourth-order valence-electron chi connectivity index (χ4n) is 16.9. The van der Waals surface area contributed by atoms with Crippen LogP contribution in [0, 0.1) is 47.3 Å². The summed E-state index contributed by atoms with van der Waals surface area (Å²) in [5.41, 5.74) is 0. The quantitative estimate of drug-likeness (QED) is 0.0421. The van der Waals surface area contributed by atoms with E-state index in [4.69, 9.17) is 0 Å². The molecule has 0 saturated carbocycles. The van der Waals surface area contributed by atoms with Crippen LogP contribution in [0.5, 0.6) is 0 Å². The highest BCUT2D eigenvalue weighted by Crippen LogP contribution is 2.20. The van der Waals surface area contributed by atoms with Gasteiger partial charge < -0.3 is 35.9 Å². The van der Waals surface area contributed by atoms with Crippen LogP contribution in [0.25, 0.3) is 0 Å². The van der Waals surface area contributed by atoms with Crippen LogP contribution in [0.3, 0.4) is 0 Å². The molecular formula is C116H264N8+8. The van der Waals surface area contributed by atoms with E-state index in [9.17, 15) is 0 Å². The first kappa shape index (κ1) is 139. The summed E-state index contributed by atoms with van der Waals surface area (Å²) in [7, 11) is 38.1. The second-order valence-corrected chi connectivity index (χ2v) is 49.3. The third-order valence-corrected chi connectivity index (χ3v) is 26.3. The molecule has 0 aromatic rings. The molecule has 0 amide bonds. The van der Waals surface area contributed by atoms with E-state index in [1.54, 1.807) is 0 Å². The minimum absolute atomic E-state index is 0.864. The van der Waals surface area contributed by atoms with Crippen molar-refractivity contribution >= 4 is 0 Å². The Balaban J connectivity index is -0.000000207. The molecule has 0 aliphatic heterocycles. The molecule has 0 atom stereocenters. The fourth-order valence-corrected chi connectivity index (χ4v) is 16.9. The molecule has 0 spiro atoms. The van der Waals surface area contributed by atoms with Gasteiger partial charge in [-0.25, -0.2) is 0 Å². The number of unbranched alkanes of at least 4 members (excludes halogenated alkanes) is 28. The van der Waals surface area contributed by atoms with Crippen molar-refractivity contribution < 1.29 is 35.9 Å². The number of quaternary nitrogens is 8. The maximum absolute atomic E-state index is 2.40. The summed E-state index contributed by atoms with van der Waals surface area (Å²) in [6.45, 7) is 77.0. The number of hydrogen-bond acceptors (Lipinski definition) is 0. The summed E-state index contributed by atoms with van der Waals surface area (Å²) < 4.78 is 9.73. The first-order valence-electron chi connectivity index (χ1n) is 56.4. The molecule has 0 aliphatic rings. The van der Waals surface area contributed by atoms with Crippen LogP contribution in [0.2, 0.25) is 0 Å². The van der Waals surface area contributed by atoms with Gasteiger partial charge in [-0.1, -0.05) is 307 Å². The van der Waals surface area contributed by atoms with Crippen LogP contribution in [0.4, 0.5) is 0 Å². The van der Waals surface area contributed by atoms with Crippen molar-refractivity contribution in [2.24, 2.45) is 47.3 Å². The van der Waals surface area contributed by atoms with E-state index in [0.29, 0.717) is 0 Å². The topological polar surface area (TPSA) is 0 Å². The normalized spacial score (nSPS) is 12.4. The highest BCUT2D eigenvalue weighted by Gasteiger charge is 2.21. The van der Waals surface area contributed by atoms with Crippen molar-refractivity contribution in [3.8, 4) is 0 Å². The van der Waals surface area contributed by atoms with Gasteiger partial charge in [0.15, 0.2) is 0 Å². The van der Waals surface area contributed by atoms with E-state index >= 15 is 0 Å². The minimum Gasteiger partial charge on any atom is -0.328 e. The molecule has 0 aliphatic carbocycles. The molecule has 0 N–H and O–H groups in total. The van der Waals surface area contributed by atoms with E-state index in [1.165, 1.54) is 474 Å². The second kappa shape index (κ2) is 93.1. The molecule has 0 heterocycles. The van der Waals surface area contributed by atoms with Gasteiger partial charge >= 0.3 is 0 Å². The Morgan fingerprint density at radius 3 is 0.339 bits per heavy atom. The van der Waals surface area contributed by atoms with Crippen molar-refractivity contribution in [3.05, 3.63) is 0 Å². The molecule has 0 aromatic carbocycles. The lowest BCUT2D eigenvalue weighted by molar-refractivity contribution is -0.890. The third kappa shape index (κ3) is 132. The molecule has 760 valence electrons. The predicted molar refractivity (Wildman–Crippen MR) is 579 cm³/mol. The summed E-state index contributed by atoms with van der Waals surface area (Å²) in [5.74, 6) is 6.92. The van der Waals surface area contributed by atoms with Gasteiger partial charge in [0.25, 0.3) is 0 Å². The van der Waals surface area contributed by atoms with E-state index in [-0.39, 0.29) is 0 Å². The highest BCUT2D eigenvalue weighted by atomic mass is 15.3. The first-order valence-corrected chi connectivity index (χ1v) is 56.4. The van der Waals surface area contributed by atoms with Gasteiger partial charge in [-0.3, -0.25) is 0 Å². The molecule has 0 unspecified atom stereocenters. The first-order chi connectivity index (χ1) is 57.8. The van der Waals surface area contributed by atoms with Crippen LogP contribution >= 0.6 is 0 Å². The summed E-state index contributed by atoms with van der Waals surface area (Å²) in [6, 6.07) is 0. The Hall–Kier alpha value is -0.320. The smallest absolute Gasteiger partial charge is 0.0782 e. The molecule has 0 radical (unpaired) electrons. The number of rotatable bonds is 76. The van der Waals surface area contributed by atoms with Gasteiger partial charge in [0.05, 0.1) is 217 Å². The summed E-state index contributed by atoms with van der Waals surface area (Å²) in [6.07, 6.45) is 72.9. The lowest BCUT2D eigenvalue weighted by atomic mass is 10.1. The molecule has 124 heavy (non-hydrogen) atoms. The average molecular weight is 1770 g/mol. The standard InChI is InChI=1S/C18H40N.C17H38N.C16H36N.C15H34N.C14H32N.C13H30N.C12H28N.C11H26N/c1-6-7-8-9-10-11-12-13-16-19(4,5)17-14-15-18(2)3;1-6-7-8-9-10-11-12-15-18(4,5)16-13-14-17(2)3;1-6-7-8-9-10-11-14-17(4,5)15-12-13-16(2)3;1-6-7-8-9-10-13-16(4,5)14-11-12-15(2)3;1-6-7-8-9-12-15(4,5)13-10-11-14(2)3;1-6-7-8-11-14(4,5)12-9-10-13(2)3;1-6-7-10-13(4,5)11-8-9-12(2)3;1-6-9-12(4,5)10-7-8-11(2)3/h18H,6-17H2,1-5H3;17H,6-16H2,1-5H3;16H,6-15H2,1-5H3;15H,6-14H2,1-5H3;14H,6-13H2,1-5H3;13H,6-12H2,1-5H3;12H,6-11H2,1-5H3;11H,6-10H2,1-5H3/q8*+1. The molecule has 0 rings (SSSR count). The fraction of sp³-hybridized carbons (Fsp3) is 1.00. The number of nitrogens with zero attached hydrogens (tertiary/aromatic N) is 8. The molecule has 0 bridgehead atoms. The van der Waals surface area contributed by atoms with Crippen LogP contribution in [0.15, 0.2) is 0 Å². The molecule has 0 aromatic heterocycles. The Labute approximate surface area is 796 Å². The second-order valence-electron chi connectivity index (χ2n) is 49.3. The maximum Gasteiger partial charge on any atom is 0.0782 e. The lowest BCUT2D eigenvalue weighted by Crippen LogP contribution is -2.41. The van der Waals surface area contributed by atoms with E-state index in [0.717, 1.165) is 47.3 Å². The van der Waals surface area contributed by atoms with Gasteiger partial charge in [-0.15, -0.1) is 0 Å². The van der Waals surface area contributed by atoms with Crippen molar-refractivity contribution in [3.63, 3.8) is 0 Å². The minimum atomic E-state index is 0.864. The Morgan fingerprint density at radius 2 is 0.202 bits per heavy atom. The van der Waals surface area contributed by atoms with Crippen molar-refractivity contribution in [1.29, 1.82) is 0 Å². The van der Waals surface area contributed by atoms with Crippen LogP contribution < -0.4 is 0 Å². The zero-order valence-electron chi connectivity index (χ0n) is 96.3. The number of hydrogen-bond donors (Lipinski definition) is 0. The Kier molecular flexibility index (Phi) is 104. The van der Waals surface area contributed by atoms with E-state index < -0.39 is 0 Å². The largest absolute Gasteiger partial charge is 0.328 e.